The molecule has 2 aromatic rings. The fraction of sp³-hybridized carbons (Fsp3) is 0.500. The van der Waals surface area contributed by atoms with Gasteiger partial charge in [-0.05, 0) is 68.9 Å². The van der Waals surface area contributed by atoms with Crippen molar-refractivity contribution in [2.24, 2.45) is 0 Å². The average Bonchev–Trinajstić information content (AvgIpc) is 2.87. The summed E-state index contributed by atoms with van der Waals surface area (Å²) in [5.41, 5.74) is 2.74. The summed E-state index contributed by atoms with van der Waals surface area (Å²) in [5, 5.41) is 3.19. The fourth-order valence-electron chi connectivity index (χ4n) is 5.25. The molecule has 9 heteroatoms. The van der Waals surface area contributed by atoms with Crippen LogP contribution >= 0.6 is 0 Å². The highest BCUT2D eigenvalue weighted by Crippen LogP contribution is 2.25. The molecule has 0 unspecified atom stereocenters. The zero-order valence-electron chi connectivity index (χ0n) is 21.1. The van der Waals surface area contributed by atoms with Gasteiger partial charge in [-0.25, -0.2) is 0 Å². The monoisotopic (exact) mass is 517 g/mol. The van der Waals surface area contributed by atoms with Gasteiger partial charge in [0.05, 0.1) is 0 Å². The summed E-state index contributed by atoms with van der Waals surface area (Å²) in [5.74, 6) is -0.414. The number of ether oxygens (including phenoxy) is 1. The third kappa shape index (κ3) is 7.95. The predicted molar refractivity (Wildman–Crippen MR) is 134 cm³/mol. The maximum Gasteiger partial charge on any atom is 0.573 e. The summed E-state index contributed by atoms with van der Waals surface area (Å²) >= 11 is 0. The summed E-state index contributed by atoms with van der Waals surface area (Å²) < 4.78 is 40.9. The maximum atomic E-state index is 12.8. The molecular weight excluding hydrogens is 483 g/mol. The van der Waals surface area contributed by atoms with Crippen LogP contribution in [0.2, 0.25) is 0 Å². The third-order valence-corrected chi connectivity index (χ3v) is 7.22. The van der Waals surface area contributed by atoms with Crippen LogP contribution in [0.5, 0.6) is 5.75 Å². The Hall–Kier alpha value is -3.07. The Morgan fingerprint density at radius 2 is 1.65 bits per heavy atom. The molecule has 6 nitrogen and oxygen atoms in total. The third-order valence-electron chi connectivity index (χ3n) is 7.22. The lowest BCUT2D eigenvalue weighted by Gasteiger charge is -2.42. The van der Waals surface area contributed by atoms with Crippen LogP contribution in [-0.4, -0.2) is 66.2 Å². The van der Waals surface area contributed by atoms with E-state index in [0.29, 0.717) is 31.1 Å². The van der Waals surface area contributed by atoms with Crippen LogP contribution in [0.1, 0.15) is 53.6 Å². The van der Waals surface area contributed by atoms with Crippen molar-refractivity contribution in [1.29, 1.82) is 0 Å². The smallest absolute Gasteiger partial charge is 0.406 e. The number of halogens is 3. The van der Waals surface area contributed by atoms with E-state index in [9.17, 15) is 22.8 Å². The van der Waals surface area contributed by atoms with Gasteiger partial charge in [0.2, 0.25) is 5.91 Å². The van der Waals surface area contributed by atoms with E-state index in [4.69, 9.17) is 0 Å². The molecule has 0 radical (unpaired) electrons. The number of nitrogens with zero attached hydrogens (tertiary/aromatic N) is 2. The quantitative estimate of drug-likeness (QED) is 0.578. The number of hydrogen-bond donors (Lipinski definition) is 1. The van der Waals surface area contributed by atoms with Crippen molar-refractivity contribution in [1.82, 2.24) is 15.1 Å². The van der Waals surface area contributed by atoms with Gasteiger partial charge in [-0.1, -0.05) is 29.8 Å². The summed E-state index contributed by atoms with van der Waals surface area (Å²) in [6.45, 7) is 5.11. The highest BCUT2D eigenvalue weighted by atomic mass is 19.4. The minimum Gasteiger partial charge on any atom is -0.406 e. The molecule has 2 heterocycles. The first-order chi connectivity index (χ1) is 17.7. The molecule has 0 saturated carbocycles. The normalized spacial score (nSPS) is 18.0. The second-order valence-corrected chi connectivity index (χ2v) is 9.96. The van der Waals surface area contributed by atoms with E-state index in [0.717, 1.165) is 45.2 Å². The number of carbonyl (C=O) groups excluding carboxylic acids is 2. The SMILES string of the molecule is Cc1cccc(CCC(=O)NC2CCN(C3CCN(C(=O)c4ccc(OC(F)(F)F)cc4)CC3)CC2)c1. The maximum absolute atomic E-state index is 12.8. The Bertz CT molecular complexity index is 1060. The van der Waals surface area contributed by atoms with Crippen LogP contribution < -0.4 is 10.1 Å². The van der Waals surface area contributed by atoms with Gasteiger partial charge in [0.15, 0.2) is 0 Å². The minimum absolute atomic E-state index is 0.102. The Kier molecular flexibility index (Phi) is 8.74. The number of alkyl halides is 3. The van der Waals surface area contributed by atoms with E-state index < -0.39 is 6.36 Å². The van der Waals surface area contributed by atoms with Crippen molar-refractivity contribution in [2.75, 3.05) is 26.2 Å². The zero-order valence-corrected chi connectivity index (χ0v) is 21.1. The first-order valence-electron chi connectivity index (χ1n) is 12.9. The van der Waals surface area contributed by atoms with Gasteiger partial charge in [-0.2, -0.15) is 0 Å². The van der Waals surface area contributed by atoms with Gasteiger partial charge in [0.25, 0.3) is 5.91 Å². The molecular formula is C28H34F3N3O3. The number of aryl methyl sites for hydroxylation is 2. The summed E-state index contributed by atoms with van der Waals surface area (Å²) in [6, 6.07) is 13.9. The molecule has 200 valence electrons. The molecule has 2 saturated heterocycles. The van der Waals surface area contributed by atoms with Crippen molar-refractivity contribution < 1.29 is 27.5 Å². The van der Waals surface area contributed by atoms with Crippen molar-refractivity contribution in [3.63, 3.8) is 0 Å². The van der Waals surface area contributed by atoms with Crippen molar-refractivity contribution >= 4 is 11.8 Å². The second-order valence-electron chi connectivity index (χ2n) is 9.96. The van der Waals surface area contributed by atoms with E-state index in [1.807, 2.05) is 6.07 Å². The minimum atomic E-state index is -4.75. The number of benzene rings is 2. The van der Waals surface area contributed by atoms with Crippen LogP contribution in [0.25, 0.3) is 0 Å². The predicted octanol–water partition coefficient (Wildman–Crippen LogP) is 4.71. The second kappa shape index (κ2) is 12.0. The van der Waals surface area contributed by atoms with Crippen LogP contribution in [0.4, 0.5) is 13.2 Å². The van der Waals surface area contributed by atoms with Gasteiger partial charge in [0, 0.05) is 50.2 Å². The molecule has 2 amide bonds. The number of likely N-dealkylation sites (tertiary alicyclic amines) is 2. The summed E-state index contributed by atoms with van der Waals surface area (Å²) in [6.07, 6.45) is 0.0326. The molecule has 2 aliphatic heterocycles. The molecule has 2 aromatic carbocycles. The Labute approximate surface area is 215 Å². The molecule has 2 aliphatic rings. The zero-order chi connectivity index (χ0) is 26.4. The van der Waals surface area contributed by atoms with Gasteiger partial charge >= 0.3 is 6.36 Å². The molecule has 4 rings (SSSR count). The summed E-state index contributed by atoms with van der Waals surface area (Å²) in [7, 11) is 0. The van der Waals surface area contributed by atoms with Crippen molar-refractivity contribution in [2.45, 2.75) is 63.9 Å². The molecule has 0 atom stereocenters. The highest BCUT2D eigenvalue weighted by Gasteiger charge is 2.32. The molecule has 0 bridgehead atoms. The number of rotatable bonds is 7. The van der Waals surface area contributed by atoms with Crippen molar-refractivity contribution in [3.05, 3.63) is 65.2 Å². The van der Waals surface area contributed by atoms with Gasteiger partial charge in [-0.3, -0.25) is 9.59 Å². The van der Waals surface area contributed by atoms with Gasteiger partial charge in [0.1, 0.15) is 5.75 Å². The highest BCUT2D eigenvalue weighted by molar-refractivity contribution is 5.94. The molecule has 37 heavy (non-hydrogen) atoms. The molecule has 1 N–H and O–H groups in total. The Morgan fingerprint density at radius 3 is 2.27 bits per heavy atom. The Morgan fingerprint density at radius 1 is 0.973 bits per heavy atom. The van der Waals surface area contributed by atoms with Crippen molar-refractivity contribution in [3.8, 4) is 5.75 Å². The Balaban J connectivity index is 1.16. The standard InChI is InChI=1S/C28H34F3N3O3/c1-20-3-2-4-21(19-20)5-10-26(35)32-23-11-15-33(16-12-23)24-13-17-34(18-14-24)27(36)22-6-8-25(9-7-22)37-28(29,30)31/h2-4,6-9,19,23-24H,5,10-18H2,1H3,(H,32,35). The van der Waals surface area contributed by atoms with E-state index >= 15 is 0 Å². The molecule has 2 fully saturated rings. The van der Waals surface area contributed by atoms with E-state index in [-0.39, 0.29) is 23.6 Å². The number of nitrogens with one attached hydrogen (secondary N) is 1. The van der Waals surface area contributed by atoms with Gasteiger partial charge < -0.3 is 19.9 Å². The topological polar surface area (TPSA) is 61.9 Å². The number of carbonyl (C=O) groups is 2. The average molecular weight is 518 g/mol. The molecule has 0 spiro atoms. The lowest BCUT2D eigenvalue weighted by Crippen LogP contribution is -2.51. The van der Waals surface area contributed by atoms with Gasteiger partial charge in [-0.15, -0.1) is 13.2 Å². The number of amides is 2. The first-order valence-corrected chi connectivity index (χ1v) is 12.9. The largest absolute Gasteiger partial charge is 0.573 e. The van der Waals surface area contributed by atoms with E-state index in [1.165, 1.54) is 35.4 Å². The fourth-order valence-corrected chi connectivity index (χ4v) is 5.25. The first kappa shape index (κ1) is 27.0. The van der Waals surface area contributed by atoms with Crippen LogP contribution in [0.15, 0.2) is 48.5 Å². The van der Waals surface area contributed by atoms with Crippen LogP contribution in [0, 0.1) is 6.92 Å². The van der Waals surface area contributed by atoms with Crippen LogP contribution in [0.3, 0.4) is 0 Å². The van der Waals surface area contributed by atoms with Crippen LogP contribution in [-0.2, 0) is 11.2 Å². The number of piperidine rings is 2. The summed E-state index contributed by atoms with van der Waals surface area (Å²) in [4.78, 5) is 29.4. The lowest BCUT2D eigenvalue weighted by atomic mass is 9.97. The lowest BCUT2D eigenvalue weighted by molar-refractivity contribution is -0.274. The van der Waals surface area contributed by atoms with E-state index in [2.05, 4.69) is 40.1 Å². The molecule has 0 aliphatic carbocycles. The molecule has 0 aromatic heterocycles. The van der Waals surface area contributed by atoms with E-state index in [1.54, 1.807) is 4.90 Å². The number of hydrogen-bond acceptors (Lipinski definition) is 4.